The second-order valence-corrected chi connectivity index (χ2v) is 8.10. The minimum absolute atomic E-state index is 0.0696. The lowest BCUT2D eigenvalue weighted by atomic mass is 10.2. The van der Waals surface area contributed by atoms with Gasteiger partial charge in [0.2, 0.25) is 0 Å². The van der Waals surface area contributed by atoms with Crippen molar-refractivity contribution in [2.75, 3.05) is 29.5 Å². The molecule has 0 aromatic carbocycles. The Balaban J connectivity index is 1.70. The summed E-state index contributed by atoms with van der Waals surface area (Å²) in [7, 11) is 0. The predicted molar refractivity (Wildman–Crippen MR) is 89.9 cm³/mol. The van der Waals surface area contributed by atoms with Crippen molar-refractivity contribution in [1.29, 1.82) is 0 Å². The molecule has 4 nitrogen and oxygen atoms in total. The van der Waals surface area contributed by atoms with Crippen molar-refractivity contribution in [2.45, 2.75) is 5.25 Å². The lowest BCUT2D eigenvalue weighted by molar-refractivity contribution is 0.0959. The van der Waals surface area contributed by atoms with Crippen LogP contribution in [0.25, 0.3) is 10.1 Å². The zero-order chi connectivity index (χ0) is 13.9. The van der Waals surface area contributed by atoms with Crippen LogP contribution in [-0.4, -0.2) is 39.9 Å². The largest absolute Gasteiger partial charge is 0.397 e. The fourth-order valence-electron chi connectivity index (χ4n) is 2.08. The van der Waals surface area contributed by atoms with E-state index in [1.807, 2.05) is 29.6 Å². The SMILES string of the molecule is Nc1c(C(=O)NCC2CSCCS2)sc2cnccc12. The molecule has 2 aromatic heterocycles. The summed E-state index contributed by atoms with van der Waals surface area (Å²) in [6.45, 7) is 0.711. The predicted octanol–water partition coefficient (Wildman–Crippen LogP) is 2.46. The third-order valence-corrected chi connectivity index (χ3v) is 7.11. The van der Waals surface area contributed by atoms with Gasteiger partial charge in [-0.1, -0.05) is 0 Å². The van der Waals surface area contributed by atoms with E-state index in [1.54, 1.807) is 12.4 Å². The van der Waals surface area contributed by atoms with Gasteiger partial charge in [-0.15, -0.1) is 11.3 Å². The molecule has 0 bridgehead atoms. The summed E-state index contributed by atoms with van der Waals surface area (Å²) >= 11 is 5.30. The number of hydrogen-bond acceptors (Lipinski definition) is 6. The van der Waals surface area contributed by atoms with E-state index in [2.05, 4.69) is 10.3 Å². The zero-order valence-electron chi connectivity index (χ0n) is 10.8. The molecule has 3 N–H and O–H groups in total. The van der Waals surface area contributed by atoms with E-state index in [0.717, 1.165) is 15.8 Å². The van der Waals surface area contributed by atoms with Gasteiger partial charge in [0.15, 0.2) is 0 Å². The van der Waals surface area contributed by atoms with Gasteiger partial charge >= 0.3 is 0 Å². The Bertz CT molecular complexity index is 622. The number of thioether (sulfide) groups is 2. The molecule has 0 radical (unpaired) electrons. The van der Waals surface area contributed by atoms with Crippen molar-refractivity contribution in [3.05, 3.63) is 23.3 Å². The molecular formula is C13H15N3OS3. The zero-order valence-corrected chi connectivity index (χ0v) is 13.2. The standard InChI is InChI=1S/C13H15N3OS3/c14-11-9-1-2-15-6-10(9)20-12(11)13(17)16-5-8-7-18-3-4-19-8/h1-2,6,8H,3-5,7,14H2,(H,16,17). The number of rotatable bonds is 3. The van der Waals surface area contributed by atoms with Crippen molar-refractivity contribution < 1.29 is 4.79 Å². The van der Waals surface area contributed by atoms with Gasteiger partial charge in [-0.25, -0.2) is 0 Å². The van der Waals surface area contributed by atoms with Crippen molar-refractivity contribution in [1.82, 2.24) is 10.3 Å². The van der Waals surface area contributed by atoms with Crippen molar-refractivity contribution in [3.63, 3.8) is 0 Å². The van der Waals surface area contributed by atoms with E-state index in [4.69, 9.17) is 5.73 Å². The maximum Gasteiger partial charge on any atom is 0.263 e. The van der Waals surface area contributed by atoms with E-state index in [0.29, 0.717) is 22.4 Å². The molecule has 3 heterocycles. The highest BCUT2D eigenvalue weighted by Crippen LogP contribution is 2.32. The Morgan fingerprint density at radius 2 is 2.40 bits per heavy atom. The fourth-order valence-corrected chi connectivity index (χ4v) is 5.70. The first-order valence-electron chi connectivity index (χ1n) is 6.35. The van der Waals surface area contributed by atoms with Crippen LogP contribution in [0.2, 0.25) is 0 Å². The van der Waals surface area contributed by atoms with Crippen LogP contribution in [0.1, 0.15) is 9.67 Å². The van der Waals surface area contributed by atoms with Crippen LogP contribution in [0.15, 0.2) is 18.5 Å². The third kappa shape index (κ3) is 2.89. The van der Waals surface area contributed by atoms with E-state index in [1.165, 1.54) is 22.8 Å². The molecule has 0 spiro atoms. The molecule has 106 valence electrons. The number of aromatic nitrogens is 1. The molecule has 1 amide bonds. The number of carbonyl (C=O) groups excluding carboxylic acids is 1. The van der Waals surface area contributed by atoms with E-state index in [-0.39, 0.29) is 5.91 Å². The molecule has 7 heteroatoms. The first-order valence-corrected chi connectivity index (χ1v) is 9.37. The van der Waals surface area contributed by atoms with Crippen LogP contribution < -0.4 is 11.1 Å². The van der Waals surface area contributed by atoms with Crippen LogP contribution >= 0.6 is 34.9 Å². The molecule has 1 unspecified atom stereocenters. The normalized spacial score (nSPS) is 19.1. The van der Waals surface area contributed by atoms with Gasteiger partial charge in [0.05, 0.1) is 10.4 Å². The Kier molecular flexibility index (Phi) is 4.38. The quantitative estimate of drug-likeness (QED) is 0.907. The molecule has 3 rings (SSSR count). The molecule has 2 aromatic rings. The molecule has 1 atom stereocenters. The minimum atomic E-state index is -0.0696. The van der Waals surface area contributed by atoms with Gasteiger partial charge in [0.25, 0.3) is 5.91 Å². The number of amides is 1. The number of thiophene rings is 1. The van der Waals surface area contributed by atoms with Crippen LogP contribution in [0, 0.1) is 0 Å². The molecule has 0 aliphatic carbocycles. The molecule has 1 aliphatic rings. The van der Waals surface area contributed by atoms with Crippen molar-refractivity contribution in [3.8, 4) is 0 Å². The number of nitrogens with two attached hydrogens (primary N) is 1. The number of fused-ring (bicyclic) bond motifs is 1. The number of nitrogens with zero attached hydrogens (tertiary/aromatic N) is 1. The van der Waals surface area contributed by atoms with E-state index >= 15 is 0 Å². The Morgan fingerprint density at radius 3 is 3.15 bits per heavy atom. The summed E-state index contributed by atoms with van der Waals surface area (Å²) in [6, 6.07) is 1.85. The molecule has 1 saturated heterocycles. The summed E-state index contributed by atoms with van der Waals surface area (Å²) in [4.78, 5) is 16.9. The summed E-state index contributed by atoms with van der Waals surface area (Å²) in [6.07, 6.45) is 3.45. The van der Waals surface area contributed by atoms with Gasteiger partial charge in [0, 0.05) is 46.8 Å². The number of carbonyl (C=O) groups is 1. The van der Waals surface area contributed by atoms with E-state index < -0.39 is 0 Å². The van der Waals surface area contributed by atoms with E-state index in [9.17, 15) is 4.79 Å². The Labute approximate surface area is 129 Å². The van der Waals surface area contributed by atoms with Crippen LogP contribution in [-0.2, 0) is 0 Å². The summed E-state index contributed by atoms with van der Waals surface area (Å²) in [5.41, 5.74) is 6.63. The van der Waals surface area contributed by atoms with Crippen molar-refractivity contribution >= 4 is 56.5 Å². The average Bonchev–Trinajstić information content (AvgIpc) is 2.84. The molecule has 1 fully saturated rings. The number of nitrogens with one attached hydrogen (secondary N) is 1. The number of anilines is 1. The molecular weight excluding hydrogens is 310 g/mol. The van der Waals surface area contributed by atoms with Crippen LogP contribution in [0.3, 0.4) is 0 Å². The summed E-state index contributed by atoms with van der Waals surface area (Å²) < 4.78 is 0.956. The molecule has 20 heavy (non-hydrogen) atoms. The number of pyridine rings is 1. The Morgan fingerprint density at radius 1 is 1.50 bits per heavy atom. The van der Waals surface area contributed by atoms with Gasteiger partial charge < -0.3 is 11.1 Å². The number of nitrogen functional groups attached to an aromatic ring is 1. The van der Waals surface area contributed by atoms with Gasteiger partial charge in [-0.2, -0.15) is 23.5 Å². The lowest BCUT2D eigenvalue weighted by Crippen LogP contribution is -2.33. The maximum atomic E-state index is 12.3. The second-order valence-electron chi connectivity index (χ2n) is 4.49. The highest BCUT2D eigenvalue weighted by molar-refractivity contribution is 8.06. The second kappa shape index (κ2) is 6.24. The average molecular weight is 325 g/mol. The van der Waals surface area contributed by atoms with Gasteiger partial charge in [0.1, 0.15) is 4.88 Å². The highest BCUT2D eigenvalue weighted by Gasteiger charge is 2.19. The Hall–Kier alpha value is -0.920. The smallest absolute Gasteiger partial charge is 0.263 e. The third-order valence-electron chi connectivity index (χ3n) is 3.11. The summed E-state index contributed by atoms with van der Waals surface area (Å²) in [5, 5.41) is 4.43. The monoisotopic (exact) mass is 325 g/mol. The van der Waals surface area contributed by atoms with Crippen LogP contribution in [0.4, 0.5) is 5.69 Å². The highest BCUT2D eigenvalue weighted by atomic mass is 32.2. The van der Waals surface area contributed by atoms with Crippen molar-refractivity contribution in [2.24, 2.45) is 0 Å². The first kappa shape index (κ1) is 14.0. The first-order chi connectivity index (χ1) is 9.75. The lowest BCUT2D eigenvalue weighted by Gasteiger charge is -2.20. The number of hydrogen-bond donors (Lipinski definition) is 2. The topological polar surface area (TPSA) is 68.0 Å². The van der Waals surface area contributed by atoms with Gasteiger partial charge in [-0.3, -0.25) is 9.78 Å². The fraction of sp³-hybridized carbons (Fsp3) is 0.385. The van der Waals surface area contributed by atoms with Crippen LogP contribution in [0.5, 0.6) is 0 Å². The van der Waals surface area contributed by atoms with Gasteiger partial charge in [-0.05, 0) is 6.07 Å². The minimum Gasteiger partial charge on any atom is -0.397 e. The molecule has 1 aliphatic heterocycles. The molecule has 0 saturated carbocycles. The summed E-state index contributed by atoms with van der Waals surface area (Å²) in [5.74, 6) is 3.42. The maximum absolute atomic E-state index is 12.3.